The van der Waals surface area contributed by atoms with Gasteiger partial charge < -0.3 is 14.5 Å². The van der Waals surface area contributed by atoms with Gasteiger partial charge in [0.05, 0.1) is 24.2 Å². The Labute approximate surface area is 137 Å². The molecule has 1 aliphatic rings. The first kappa shape index (κ1) is 18.0. The molecule has 1 amide bonds. The molecule has 2 unspecified atom stereocenters. The van der Waals surface area contributed by atoms with Gasteiger partial charge >= 0.3 is 0 Å². The van der Waals surface area contributed by atoms with Gasteiger partial charge in [-0.25, -0.2) is 8.42 Å². The zero-order chi connectivity index (χ0) is 16.9. The summed E-state index contributed by atoms with van der Waals surface area (Å²) in [6.45, 7) is 4.54. The molecule has 2 atom stereocenters. The fourth-order valence-electron chi connectivity index (χ4n) is 2.59. The van der Waals surface area contributed by atoms with E-state index in [0.29, 0.717) is 19.5 Å². The van der Waals surface area contributed by atoms with Crippen LogP contribution in [-0.2, 0) is 26.0 Å². The molecule has 2 heterocycles. The SMILES string of the molecule is CC1CN(S(=O)(=O)CCNC(=O)CCc2ccco2)CC(C)O1. The van der Waals surface area contributed by atoms with Crippen molar-refractivity contribution in [1.82, 2.24) is 9.62 Å². The fourth-order valence-corrected chi connectivity index (χ4v) is 4.08. The number of sulfonamides is 1. The number of ether oxygens (including phenoxy) is 1. The number of furan rings is 1. The normalized spacial score (nSPS) is 22.9. The van der Waals surface area contributed by atoms with Gasteiger partial charge in [-0.1, -0.05) is 0 Å². The number of carbonyl (C=O) groups excluding carboxylic acids is 1. The Morgan fingerprint density at radius 3 is 2.65 bits per heavy atom. The Kier molecular flexibility index (Phi) is 6.20. The van der Waals surface area contributed by atoms with E-state index in [9.17, 15) is 13.2 Å². The smallest absolute Gasteiger partial charge is 0.220 e. The summed E-state index contributed by atoms with van der Waals surface area (Å²) in [6, 6.07) is 3.57. The van der Waals surface area contributed by atoms with Crippen molar-refractivity contribution < 1.29 is 22.4 Å². The minimum Gasteiger partial charge on any atom is -0.469 e. The Balaban J connectivity index is 1.72. The van der Waals surface area contributed by atoms with Crippen molar-refractivity contribution in [3.8, 4) is 0 Å². The van der Waals surface area contributed by atoms with Crippen molar-refractivity contribution >= 4 is 15.9 Å². The van der Waals surface area contributed by atoms with Gasteiger partial charge in [-0.3, -0.25) is 4.79 Å². The van der Waals surface area contributed by atoms with Gasteiger partial charge in [0.1, 0.15) is 5.76 Å². The second-order valence-corrected chi connectivity index (χ2v) is 7.91. The largest absolute Gasteiger partial charge is 0.469 e. The van der Waals surface area contributed by atoms with E-state index in [1.165, 1.54) is 4.31 Å². The molecule has 1 saturated heterocycles. The third kappa shape index (κ3) is 5.63. The van der Waals surface area contributed by atoms with Gasteiger partial charge in [-0.05, 0) is 26.0 Å². The number of nitrogens with one attached hydrogen (secondary N) is 1. The molecule has 0 spiro atoms. The minimum atomic E-state index is -3.38. The van der Waals surface area contributed by atoms with Gasteiger partial charge in [-0.15, -0.1) is 0 Å². The third-order valence-electron chi connectivity index (χ3n) is 3.64. The first-order valence-corrected chi connectivity index (χ1v) is 9.40. The molecule has 0 aromatic carbocycles. The van der Waals surface area contributed by atoms with Crippen molar-refractivity contribution in [3.63, 3.8) is 0 Å². The van der Waals surface area contributed by atoms with Crippen LogP contribution < -0.4 is 5.32 Å². The van der Waals surface area contributed by atoms with E-state index in [0.717, 1.165) is 5.76 Å². The average molecular weight is 344 g/mol. The van der Waals surface area contributed by atoms with E-state index in [-0.39, 0.29) is 36.8 Å². The molecule has 8 heteroatoms. The highest BCUT2D eigenvalue weighted by molar-refractivity contribution is 7.89. The zero-order valence-corrected chi connectivity index (χ0v) is 14.3. The molecule has 0 aliphatic carbocycles. The summed E-state index contributed by atoms with van der Waals surface area (Å²) in [5.74, 6) is 0.461. The molecule has 1 fully saturated rings. The number of aryl methyl sites for hydroxylation is 1. The summed E-state index contributed by atoms with van der Waals surface area (Å²) in [5.41, 5.74) is 0. The van der Waals surface area contributed by atoms with Crippen LogP contribution in [0.4, 0.5) is 0 Å². The van der Waals surface area contributed by atoms with Gasteiger partial charge in [0.15, 0.2) is 0 Å². The highest BCUT2D eigenvalue weighted by Crippen LogP contribution is 2.14. The maximum atomic E-state index is 12.3. The maximum absolute atomic E-state index is 12.3. The first-order chi connectivity index (χ1) is 10.9. The second-order valence-electron chi connectivity index (χ2n) is 5.82. The quantitative estimate of drug-likeness (QED) is 0.789. The summed E-state index contributed by atoms with van der Waals surface area (Å²) in [6.07, 6.45) is 2.11. The molecule has 0 saturated carbocycles. The van der Waals surface area contributed by atoms with Crippen LogP contribution in [0.1, 0.15) is 26.0 Å². The number of hydrogen-bond donors (Lipinski definition) is 1. The maximum Gasteiger partial charge on any atom is 0.220 e. The number of amides is 1. The highest BCUT2D eigenvalue weighted by Gasteiger charge is 2.30. The van der Waals surface area contributed by atoms with Crippen molar-refractivity contribution in [2.45, 2.75) is 38.9 Å². The van der Waals surface area contributed by atoms with Crippen molar-refractivity contribution in [1.29, 1.82) is 0 Å². The molecule has 1 N–H and O–H groups in total. The Bertz CT molecular complexity index is 589. The first-order valence-electron chi connectivity index (χ1n) is 7.79. The van der Waals surface area contributed by atoms with Crippen LogP contribution in [0.2, 0.25) is 0 Å². The topological polar surface area (TPSA) is 88.9 Å². The number of nitrogens with zero attached hydrogens (tertiary/aromatic N) is 1. The fraction of sp³-hybridized carbons (Fsp3) is 0.667. The number of carbonyl (C=O) groups is 1. The number of morpholine rings is 1. The lowest BCUT2D eigenvalue weighted by Crippen LogP contribution is -2.49. The van der Waals surface area contributed by atoms with E-state index in [2.05, 4.69) is 5.32 Å². The molecule has 130 valence electrons. The standard InChI is InChI=1S/C15H24N2O5S/c1-12-10-17(11-13(2)22-12)23(19,20)9-7-16-15(18)6-5-14-4-3-8-21-14/h3-4,8,12-13H,5-7,9-11H2,1-2H3,(H,16,18). The second kappa shape index (κ2) is 7.94. The molecule has 1 aliphatic heterocycles. The van der Waals surface area contributed by atoms with Crippen LogP contribution >= 0.6 is 0 Å². The van der Waals surface area contributed by atoms with E-state index in [1.807, 2.05) is 13.8 Å². The van der Waals surface area contributed by atoms with Crippen LogP contribution in [0, 0.1) is 0 Å². The Hall–Kier alpha value is -1.38. The third-order valence-corrected chi connectivity index (χ3v) is 5.45. The lowest BCUT2D eigenvalue weighted by Gasteiger charge is -2.34. The summed E-state index contributed by atoms with van der Waals surface area (Å²) < 4.78 is 36.7. The summed E-state index contributed by atoms with van der Waals surface area (Å²) in [7, 11) is -3.38. The van der Waals surface area contributed by atoms with E-state index < -0.39 is 10.0 Å². The van der Waals surface area contributed by atoms with E-state index in [1.54, 1.807) is 18.4 Å². The minimum absolute atomic E-state index is 0.0983. The predicted octanol–water partition coefficient (Wildman–Crippen LogP) is 0.767. The summed E-state index contributed by atoms with van der Waals surface area (Å²) in [5, 5.41) is 2.65. The van der Waals surface area contributed by atoms with Crippen LogP contribution in [0.5, 0.6) is 0 Å². The number of rotatable bonds is 7. The molecule has 2 rings (SSSR count). The van der Waals surface area contributed by atoms with Crippen molar-refractivity contribution in [2.24, 2.45) is 0 Å². The van der Waals surface area contributed by atoms with Crippen LogP contribution in [-0.4, -0.2) is 56.2 Å². The molecular weight excluding hydrogens is 320 g/mol. The van der Waals surface area contributed by atoms with Crippen molar-refractivity contribution in [3.05, 3.63) is 24.2 Å². The lowest BCUT2D eigenvalue weighted by atomic mass is 10.2. The molecule has 1 aromatic heterocycles. The number of hydrogen-bond acceptors (Lipinski definition) is 5. The lowest BCUT2D eigenvalue weighted by molar-refractivity contribution is -0.121. The van der Waals surface area contributed by atoms with Crippen LogP contribution in [0.15, 0.2) is 22.8 Å². The monoisotopic (exact) mass is 344 g/mol. The average Bonchev–Trinajstić information content (AvgIpc) is 2.97. The van der Waals surface area contributed by atoms with Crippen molar-refractivity contribution in [2.75, 3.05) is 25.4 Å². The van der Waals surface area contributed by atoms with Gasteiger partial charge in [0, 0.05) is 32.5 Å². The Morgan fingerprint density at radius 1 is 1.35 bits per heavy atom. The van der Waals surface area contributed by atoms with Crippen LogP contribution in [0.25, 0.3) is 0 Å². The van der Waals surface area contributed by atoms with Gasteiger partial charge in [0.2, 0.25) is 15.9 Å². The molecular formula is C15H24N2O5S. The summed E-state index contributed by atoms with van der Waals surface area (Å²) in [4.78, 5) is 11.7. The molecule has 23 heavy (non-hydrogen) atoms. The van der Waals surface area contributed by atoms with Gasteiger partial charge in [-0.2, -0.15) is 4.31 Å². The summed E-state index contributed by atoms with van der Waals surface area (Å²) >= 11 is 0. The van der Waals surface area contributed by atoms with E-state index in [4.69, 9.17) is 9.15 Å². The highest BCUT2D eigenvalue weighted by atomic mass is 32.2. The molecule has 0 radical (unpaired) electrons. The van der Waals surface area contributed by atoms with Gasteiger partial charge in [0.25, 0.3) is 0 Å². The predicted molar refractivity (Wildman–Crippen MR) is 85.4 cm³/mol. The zero-order valence-electron chi connectivity index (χ0n) is 13.5. The van der Waals surface area contributed by atoms with E-state index >= 15 is 0 Å². The molecule has 0 bridgehead atoms. The Morgan fingerprint density at radius 2 is 2.04 bits per heavy atom. The molecule has 7 nitrogen and oxygen atoms in total. The van der Waals surface area contributed by atoms with Crippen LogP contribution in [0.3, 0.4) is 0 Å². The molecule has 1 aromatic rings.